The predicted molar refractivity (Wildman–Crippen MR) is 127 cm³/mol. The molecule has 8 heteroatoms. The molecule has 31 heavy (non-hydrogen) atoms. The summed E-state index contributed by atoms with van der Waals surface area (Å²) in [6, 6.07) is 20.6. The van der Waals surface area contributed by atoms with E-state index >= 15 is 0 Å². The Hall–Kier alpha value is -2.76. The summed E-state index contributed by atoms with van der Waals surface area (Å²) in [5.41, 5.74) is 17.8. The van der Waals surface area contributed by atoms with E-state index in [9.17, 15) is 0 Å². The zero-order valence-corrected chi connectivity index (χ0v) is 19.4. The molecule has 0 bridgehead atoms. The largest absolute Gasteiger partial charge is 0.407 e. The topological polar surface area (TPSA) is 107 Å². The molecule has 0 radical (unpaired) electrons. The van der Waals surface area contributed by atoms with Crippen LogP contribution >= 0.6 is 0 Å². The van der Waals surface area contributed by atoms with E-state index in [1.165, 1.54) is 10.4 Å². The molecule has 1 aliphatic rings. The fourth-order valence-electron chi connectivity index (χ4n) is 4.76. The van der Waals surface area contributed by atoms with E-state index in [1.807, 2.05) is 12.1 Å². The van der Waals surface area contributed by atoms with Crippen LogP contribution in [0, 0.1) is 5.92 Å². The third-order valence-electron chi connectivity index (χ3n) is 6.24. The van der Waals surface area contributed by atoms with E-state index in [0.29, 0.717) is 19.4 Å². The van der Waals surface area contributed by atoms with Crippen molar-refractivity contribution in [3.63, 3.8) is 0 Å². The van der Waals surface area contributed by atoms with Crippen molar-refractivity contribution >= 4 is 18.7 Å². The van der Waals surface area contributed by atoms with Crippen molar-refractivity contribution in [2.24, 2.45) is 16.1 Å². The van der Waals surface area contributed by atoms with Gasteiger partial charge < -0.3 is 4.43 Å². The number of hydrogen-bond donors (Lipinski definition) is 0. The lowest BCUT2D eigenvalue weighted by atomic mass is 9.83. The van der Waals surface area contributed by atoms with Crippen molar-refractivity contribution in [1.29, 1.82) is 0 Å². The summed E-state index contributed by atoms with van der Waals surface area (Å²) in [6.45, 7) is 7.38. The van der Waals surface area contributed by atoms with Crippen LogP contribution < -0.4 is 10.4 Å². The number of hydrogen-bond acceptors (Lipinski definition) is 3. The van der Waals surface area contributed by atoms with Gasteiger partial charge in [-0.2, -0.15) is 0 Å². The van der Waals surface area contributed by atoms with Gasteiger partial charge in [-0.1, -0.05) is 91.7 Å². The minimum absolute atomic E-state index is 0.0811. The molecule has 2 aromatic carbocycles. The molecular formula is C23H30N6OSi. The van der Waals surface area contributed by atoms with Crippen LogP contribution in [0.25, 0.3) is 20.9 Å². The molecule has 1 saturated carbocycles. The highest BCUT2D eigenvalue weighted by atomic mass is 28.4. The molecule has 0 heterocycles. The lowest BCUT2D eigenvalue weighted by molar-refractivity contribution is 0.179. The summed E-state index contributed by atoms with van der Waals surface area (Å²) in [6.07, 6.45) is 2.27. The van der Waals surface area contributed by atoms with Crippen molar-refractivity contribution in [1.82, 2.24) is 0 Å². The normalized spacial score (nSPS) is 21.6. The first-order valence-electron chi connectivity index (χ1n) is 10.8. The van der Waals surface area contributed by atoms with Gasteiger partial charge in [-0.3, -0.25) is 0 Å². The van der Waals surface area contributed by atoms with Crippen LogP contribution in [0.1, 0.15) is 40.0 Å². The van der Waals surface area contributed by atoms with E-state index in [4.69, 9.17) is 15.5 Å². The zero-order valence-electron chi connectivity index (χ0n) is 18.4. The van der Waals surface area contributed by atoms with Gasteiger partial charge in [0.2, 0.25) is 0 Å². The van der Waals surface area contributed by atoms with Crippen LogP contribution in [-0.2, 0) is 4.43 Å². The van der Waals surface area contributed by atoms with E-state index in [-0.39, 0.29) is 23.0 Å². The van der Waals surface area contributed by atoms with Gasteiger partial charge in [0.25, 0.3) is 8.32 Å². The average molecular weight is 435 g/mol. The van der Waals surface area contributed by atoms with Gasteiger partial charge in [0.15, 0.2) is 0 Å². The summed E-state index contributed by atoms with van der Waals surface area (Å²) in [7, 11) is -2.59. The fraction of sp³-hybridized carbons (Fsp3) is 0.478. The first-order valence-corrected chi connectivity index (χ1v) is 12.7. The van der Waals surface area contributed by atoms with Crippen LogP contribution in [0.4, 0.5) is 0 Å². The van der Waals surface area contributed by atoms with E-state index in [0.717, 1.165) is 6.42 Å². The second-order valence-electron chi connectivity index (χ2n) is 9.20. The van der Waals surface area contributed by atoms with Crippen LogP contribution in [0.5, 0.6) is 0 Å². The number of nitrogens with zero attached hydrogens (tertiary/aromatic N) is 6. The van der Waals surface area contributed by atoms with E-state index in [2.05, 4.69) is 89.4 Å². The molecular weight excluding hydrogens is 404 g/mol. The Morgan fingerprint density at radius 3 is 1.87 bits per heavy atom. The van der Waals surface area contributed by atoms with Crippen molar-refractivity contribution in [2.75, 3.05) is 6.61 Å². The third kappa shape index (κ3) is 4.94. The van der Waals surface area contributed by atoms with Crippen molar-refractivity contribution in [3.05, 3.63) is 81.5 Å². The Kier molecular flexibility index (Phi) is 7.41. The first-order chi connectivity index (χ1) is 14.9. The maximum absolute atomic E-state index is 8.95. The van der Waals surface area contributed by atoms with Gasteiger partial charge in [0.1, 0.15) is 0 Å². The summed E-state index contributed by atoms with van der Waals surface area (Å²) >= 11 is 0. The van der Waals surface area contributed by atoms with Crippen LogP contribution in [0.3, 0.4) is 0 Å². The Morgan fingerprint density at radius 1 is 0.871 bits per heavy atom. The molecule has 0 aliphatic heterocycles. The molecule has 162 valence electrons. The summed E-state index contributed by atoms with van der Waals surface area (Å²) in [5, 5.41) is 10.2. The van der Waals surface area contributed by atoms with Crippen molar-refractivity contribution in [2.45, 2.75) is 57.2 Å². The standard InChI is InChI=1S/C23H30N6OSi/c1-23(2,3)31(19-10-6-4-7-11-19,20-12-8-5-9-13-20)30-17-18-14-15-21(26-28-24)22(16-18)27-29-25/h4-13,18,21-22H,14-17H2,1-3H3/t18?,21-,22+/m1/s1. The average Bonchev–Trinajstić information content (AvgIpc) is 2.77. The maximum Gasteiger partial charge on any atom is 0.261 e. The monoisotopic (exact) mass is 434 g/mol. The molecule has 0 aromatic heterocycles. The van der Waals surface area contributed by atoms with Crippen LogP contribution in [-0.4, -0.2) is 27.0 Å². The Bertz CT molecular complexity index is 910. The molecule has 1 fully saturated rings. The van der Waals surface area contributed by atoms with Crippen LogP contribution in [0.2, 0.25) is 5.04 Å². The number of azide groups is 2. The minimum Gasteiger partial charge on any atom is -0.407 e. The predicted octanol–water partition coefficient (Wildman–Crippen LogP) is 5.72. The second kappa shape index (κ2) is 10.0. The van der Waals surface area contributed by atoms with Gasteiger partial charge in [0.05, 0.1) is 0 Å². The SMILES string of the molecule is CC(C)(C)[Si](OCC1CC[C@@H](N=[N+]=[N-])[C@@H](N=[N+]=[N-])C1)(c1ccccc1)c1ccccc1. The molecule has 7 nitrogen and oxygen atoms in total. The molecule has 3 atom stereocenters. The second-order valence-corrected chi connectivity index (χ2v) is 13.5. The van der Waals surface area contributed by atoms with E-state index < -0.39 is 8.32 Å². The lowest BCUT2D eigenvalue weighted by Gasteiger charge is -2.44. The number of rotatable bonds is 7. The summed E-state index contributed by atoms with van der Waals surface area (Å²) < 4.78 is 7.03. The van der Waals surface area contributed by atoms with Crippen molar-refractivity contribution < 1.29 is 4.43 Å². The van der Waals surface area contributed by atoms with E-state index in [1.54, 1.807) is 0 Å². The highest BCUT2D eigenvalue weighted by molar-refractivity contribution is 6.99. The quantitative estimate of drug-likeness (QED) is 0.236. The minimum atomic E-state index is -2.59. The molecule has 0 spiro atoms. The molecule has 0 N–H and O–H groups in total. The smallest absolute Gasteiger partial charge is 0.261 e. The first kappa shape index (κ1) is 22.9. The Morgan fingerprint density at radius 2 is 1.39 bits per heavy atom. The third-order valence-corrected chi connectivity index (χ3v) is 11.2. The lowest BCUT2D eigenvalue weighted by Crippen LogP contribution is -2.67. The Labute approximate surface area is 184 Å². The van der Waals surface area contributed by atoms with Gasteiger partial charge in [-0.15, -0.1) is 0 Å². The molecule has 1 unspecified atom stereocenters. The zero-order chi connectivity index (χ0) is 22.3. The molecule has 2 aromatic rings. The Balaban J connectivity index is 1.93. The van der Waals surface area contributed by atoms with Gasteiger partial charge >= 0.3 is 0 Å². The molecule has 3 rings (SSSR count). The van der Waals surface area contributed by atoms with Gasteiger partial charge in [-0.25, -0.2) is 0 Å². The summed E-state index contributed by atoms with van der Waals surface area (Å²) in [5.74, 6) is 0.252. The van der Waals surface area contributed by atoms with Crippen LogP contribution in [0.15, 0.2) is 70.9 Å². The highest BCUT2D eigenvalue weighted by Crippen LogP contribution is 2.38. The molecule has 0 amide bonds. The fourth-order valence-corrected chi connectivity index (χ4v) is 9.40. The summed E-state index contributed by atoms with van der Waals surface area (Å²) in [4.78, 5) is 5.91. The maximum atomic E-state index is 8.95. The van der Waals surface area contributed by atoms with Gasteiger partial charge in [0, 0.05) is 28.5 Å². The highest BCUT2D eigenvalue weighted by Gasteiger charge is 2.50. The molecule has 0 saturated heterocycles. The number of benzene rings is 2. The van der Waals surface area contributed by atoms with Crippen molar-refractivity contribution in [3.8, 4) is 0 Å². The molecule has 1 aliphatic carbocycles. The van der Waals surface area contributed by atoms with Gasteiger partial charge in [-0.05, 0) is 51.7 Å².